The fraction of sp³-hybridized carbons (Fsp3) is 0.333. The van der Waals surface area contributed by atoms with Gasteiger partial charge in [-0.05, 0) is 12.1 Å². The molecule has 17 heavy (non-hydrogen) atoms. The average molecular weight is 255 g/mol. The normalized spacial score (nSPS) is 12.5. The average Bonchev–Trinajstić information content (AvgIpc) is 2.14. The van der Waals surface area contributed by atoms with Crippen LogP contribution in [0.3, 0.4) is 0 Å². The van der Waals surface area contributed by atoms with E-state index in [-0.39, 0.29) is 0 Å². The second-order valence-electron chi connectivity index (χ2n) is 3.17. The van der Waals surface area contributed by atoms with E-state index in [9.17, 15) is 26.7 Å². The van der Waals surface area contributed by atoms with Crippen LogP contribution in [-0.2, 0) is 16.9 Å². The van der Waals surface area contributed by atoms with E-state index in [4.69, 9.17) is 5.11 Å². The van der Waals surface area contributed by atoms with Crippen molar-refractivity contribution >= 4 is 5.97 Å². The van der Waals surface area contributed by atoms with Crippen LogP contribution < -0.4 is 0 Å². The first-order chi connectivity index (χ1) is 7.64. The molecule has 0 aliphatic carbocycles. The Kier molecular flexibility index (Phi) is 3.35. The quantitative estimate of drug-likeness (QED) is 0.845. The van der Waals surface area contributed by atoms with Crippen molar-refractivity contribution in [2.75, 3.05) is 0 Å². The van der Waals surface area contributed by atoms with Gasteiger partial charge in [0.05, 0.1) is 5.56 Å². The molecular weight excluding hydrogens is 249 g/mol. The summed E-state index contributed by atoms with van der Waals surface area (Å²) in [4.78, 5) is 13.0. The van der Waals surface area contributed by atoms with Gasteiger partial charge in [0, 0.05) is 6.20 Å². The van der Waals surface area contributed by atoms with Crippen molar-refractivity contribution in [1.29, 1.82) is 0 Å². The van der Waals surface area contributed by atoms with Crippen LogP contribution in [0.2, 0.25) is 0 Å². The largest absolute Gasteiger partial charge is 0.481 e. The minimum absolute atomic E-state index is 0.513. The predicted octanol–water partition coefficient (Wildman–Crippen LogP) is 2.67. The Bertz CT molecular complexity index is 430. The van der Waals surface area contributed by atoms with Gasteiger partial charge in [-0.1, -0.05) is 0 Å². The maximum absolute atomic E-state index is 13.3. The van der Waals surface area contributed by atoms with E-state index in [0.29, 0.717) is 12.3 Å². The van der Waals surface area contributed by atoms with Crippen LogP contribution in [0.25, 0.3) is 0 Å². The van der Waals surface area contributed by atoms with Crippen molar-refractivity contribution < 1.29 is 31.9 Å². The summed E-state index contributed by atoms with van der Waals surface area (Å²) < 4.78 is 63.7. The molecule has 0 aliphatic heterocycles. The Morgan fingerprint density at radius 2 is 1.88 bits per heavy atom. The third-order valence-electron chi connectivity index (χ3n) is 1.84. The zero-order valence-electron chi connectivity index (χ0n) is 8.13. The topological polar surface area (TPSA) is 50.2 Å². The van der Waals surface area contributed by atoms with Gasteiger partial charge in [0.2, 0.25) is 0 Å². The van der Waals surface area contributed by atoms with E-state index < -0.39 is 35.7 Å². The summed E-state index contributed by atoms with van der Waals surface area (Å²) in [5.74, 6) is -6.02. The van der Waals surface area contributed by atoms with Crippen LogP contribution in [-0.4, -0.2) is 16.1 Å². The molecule has 0 radical (unpaired) electrons. The molecule has 0 unspecified atom stereocenters. The molecule has 0 atom stereocenters. The first kappa shape index (κ1) is 13.3. The van der Waals surface area contributed by atoms with Gasteiger partial charge < -0.3 is 5.11 Å². The number of carbonyl (C=O) groups is 1. The molecule has 0 saturated heterocycles. The highest BCUT2D eigenvalue weighted by atomic mass is 19.4. The summed E-state index contributed by atoms with van der Waals surface area (Å²) in [6.07, 6.45) is -6.07. The van der Waals surface area contributed by atoms with Crippen molar-refractivity contribution in [1.82, 2.24) is 4.98 Å². The summed E-state index contributed by atoms with van der Waals surface area (Å²) >= 11 is 0. The highest BCUT2D eigenvalue weighted by Crippen LogP contribution is 2.39. The van der Waals surface area contributed by atoms with E-state index >= 15 is 0 Å². The van der Waals surface area contributed by atoms with Gasteiger partial charge >= 0.3 is 12.1 Å². The smallest absolute Gasteiger partial charge is 0.433 e. The Morgan fingerprint density at radius 1 is 1.29 bits per heavy atom. The monoisotopic (exact) mass is 255 g/mol. The van der Waals surface area contributed by atoms with Crippen LogP contribution in [0, 0.1) is 0 Å². The standard InChI is InChI=1S/C9H6F5NO2/c10-8(11,4-6(16)17)5-2-1-3-15-7(5)9(12,13)14/h1-3H,4H2,(H,16,17). The molecular formula is C9H6F5NO2. The molecule has 1 N–H and O–H groups in total. The van der Waals surface area contributed by atoms with Gasteiger partial charge in [0.25, 0.3) is 5.92 Å². The van der Waals surface area contributed by atoms with E-state index in [1.807, 2.05) is 0 Å². The fourth-order valence-electron chi connectivity index (χ4n) is 1.21. The molecule has 0 fully saturated rings. The van der Waals surface area contributed by atoms with E-state index in [2.05, 4.69) is 4.98 Å². The van der Waals surface area contributed by atoms with Gasteiger partial charge in [-0.2, -0.15) is 13.2 Å². The third-order valence-corrected chi connectivity index (χ3v) is 1.84. The van der Waals surface area contributed by atoms with Crippen LogP contribution >= 0.6 is 0 Å². The SMILES string of the molecule is O=C(O)CC(F)(F)c1cccnc1C(F)(F)F. The molecule has 3 nitrogen and oxygen atoms in total. The number of carboxylic acid groups (broad SMARTS) is 1. The van der Waals surface area contributed by atoms with Crippen LogP contribution in [0.1, 0.15) is 17.7 Å². The zero-order valence-corrected chi connectivity index (χ0v) is 8.13. The Balaban J connectivity index is 3.26. The van der Waals surface area contributed by atoms with Gasteiger partial charge in [-0.3, -0.25) is 9.78 Å². The molecule has 1 aromatic rings. The van der Waals surface area contributed by atoms with Crippen molar-refractivity contribution in [2.45, 2.75) is 18.5 Å². The van der Waals surface area contributed by atoms with E-state index in [1.54, 1.807) is 0 Å². The molecule has 0 saturated carbocycles. The summed E-state index contributed by atoms with van der Waals surface area (Å²) in [5.41, 5.74) is -3.21. The number of alkyl halides is 5. The number of pyridine rings is 1. The number of hydrogen-bond acceptors (Lipinski definition) is 2. The summed E-state index contributed by atoms with van der Waals surface area (Å²) in [7, 11) is 0. The number of hydrogen-bond donors (Lipinski definition) is 1. The molecule has 0 aliphatic rings. The second-order valence-corrected chi connectivity index (χ2v) is 3.17. The van der Waals surface area contributed by atoms with Crippen LogP contribution in [0.5, 0.6) is 0 Å². The Morgan fingerprint density at radius 3 is 2.35 bits per heavy atom. The highest BCUT2D eigenvalue weighted by Gasteiger charge is 2.45. The molecule has 0 amide bonds. The zero-order chi connectivity index (χ0) is 13.3. The molecule has 0 bridgehead atoms. The summed E-state index contributed by atoms with van der Waals surface area (Å²) in [6, 6.07) is 1.40. The lowest BCUT2D eigenvalue weighted by atomic mass is 10.0. The van der Waals surface area contributed by atoms with Crippen molar-refractivity contribution in [2.24, 2.45) is 0 Å². The number of aromatic nitrogens is 1. The van der Waals surface area contributed by atoms with Crippen LogP contribution in [0.15, 0.2) is 18.3 Å². The van der Waals surface area contributed by atoms with Crippen LogP contribution in [0.4, 0.5) is 22.0 Å². The number of rotatable bonds is 3. The summed E-state index contributed by atoms with van der Waals surface area (Å²) in [6.45, 7) is 0. The van der Waals surface area contributed by atoms with Gasteiger partial charge in [-0.15, -0.1) is 0 Å². The van der Waals surface area contributed by atoms with Gasteiger partial charge in [0.15, 0.2) is 5.69 Å². The lowest BCUT2D eigenvalue weighted by molar-refractivity contribution is -0.153. The number of nitrogens with zero attached hydrogens (tertiary/aromatic N) is 1. The minimum atomic E-state index is -5.06. The molecule has 1 heterocycles. The Hall–Kier alpha value is -1.73. The Labute approximate surface area is 91.9 Å². The summed E-state index contributed by atoms with van der Waals surface area (Å²) in [5, 5.41) is 8.22. The molecule has 0 aromatic carbocycles. The first-order valence-electron chi connectivity index (χ1n) is 4.27. The predicted molar refractivity (Wildman–Crippen MR) is 45.4 cm³/mol. The molecule has 0 spiro atoms. The first-order valence-corrected chi connectivity index (χ1v) is 4.27. The lowest BCUT2D eigenvalue weighted by Crippen LogP contribution is -2.24. The molecule has 1 aromatic heterocycles. The van der Waals surface area contributed by atoms with Gasteiger partial charge in [-0.25, -0.2) is 8.78 Å². The number of carboxylic acids is 1. The van der Waals surface area contributed by atoms with E-state index in [1.165, 1.54) is 0 Å². The molecule has 8 heteroatoms. The second kappa shape index (κ2) is 4.27. The van der Waals surface area contributed by atoms with E-state index in [0.717, 1.165) is 6.07 Å². The minimum Gasteiger partial charge on any atom is -0.481 e. The van der Waals surface area contributed by atoms with Crippen molar-refractivity contribution in [3.8, 4) is 0 Å². The highest BCUT2D eigenvalue weighted by molar-refractivity contribution is 5.68. The third kappa shape index (κ3) is 3.11. The van der Waals surface area contributed by atoms with Gasteiger partial charge in [0.1, 0.15) is 6.42 Å². The van der Waals surface area contributed by atoms with Crippen molar-refractivity contribution in [3.63, 3.8) is 0 Å². The van der Waals surface area contributed by atoms with Crippen molar-refractivity contribution in [3.05, 3.63) is 29.6 Å². The maximum atomic E-state index is 13.3. The molecule has 94 valence electrons. The number of aliphatic carboxylic acids is 1. The fourth-order valence-corrected chi connectivity index (χ4v) is 1.21. The lowest BCUT2D eigenvalue weighted by Gasteiger charge is -2.18. The maximum Gasteiger partial charge on any atom is 0.433 e. The number of halogens is 5. The molecule has 1 rings (SSSR count).